The van der Waals surface area contributed by atoms with Gasteiger partial charge in [-0.1, -0.05) is 18.2 Å². The van der Waals surface area contributed by atoms with Crippen LogP contribution in [0.4, 0.5) is 11.5 Å². The molecular formula is C14H13N5O. The monoisotopic (exact) mass is 267 g/mol. The van der Waals surface area contributed by atoms with Crippen molar-refractivity contribution in [3.63, 3.8) is 0 Å². The molecule has 0 atom stereocenters. The lowest BCUT2D eigenvalue weighted by atomic mass is 10.2. The number of nitrogens with two attached hydrogens (primary N) is 1. The highest BCUT2D eigenvalue weighted by Gasteiger charge is 2.11. The van der Waals surface area contributed by atoms with E-state index in [1.165, 1.54) is 6.33 Å². The largest absolute Gasteiger partial charge is 0.435 e. The van der Waals surface area contributed by atoms with Crippen molar-refractivity contribution < 1.29 is 4.74 Å². The standard InChI is InChI=1S/C14H13N5O/c1-16-13-11(15)14(19-8-18-13)20-10-6-2-4-9-5-3-7-17-12(9)10/h2-8H,15H2,1H3,(H,16,18,19). The van der Waals surface area contributed by atoms with Gasteiger partial charge in [0.15, 0.2) is 11.6 Å². The highest BCUT2D eigenvalue weighted by molar-refractivity contribution is 5.84. The molecule has 2 aromatic heterocycles. The Balaban J connectivity index is 2.06. The van der Waals surface area contributed by atoms with Gasteiger partial charge in [-0.3, -0.25) is 4.98 Å². The molecule has 0 fully saturated rings. The van der Waals surface area contributed by atoms with Gasteiger partial charge in [-0.25, -0.2) is 4.98 Å². The van der Waals surface area contributed by atoms with Gasteiger partial charge >= 0.3 is 0 Å². The molecule has 0 bridgehead atoms. The van der Waals surface area contributed by atoms with Gasteiger partial charge in [-0.2, -0.15) is 4.98 Å². The van der Waals surface area contributed by atoms with Crippen LogP contribution in [0, 0.1) is 0 Å². The van der Waals surface area contributed by atoms with E-state index < -0.39 is 0 Å². The minimum Gasteiger partial charge on any atom is -0.435 e. The molecule has 0 spiro atoms. The van der Waals surface area contributed by atoms with Gasteiger partial charge in [-0.05, 0) is 12.1 Å². The normalized spacial score (nSPS) is 10.4. The van der Waals surface area contributed by atoms with Gasteiger partial charge in [0, 0.05) is 18.6 Å². The fourth-order valence-corrected chi connectivity index (χ4v) is 1.92. The third-order valence-electron chi connectivity index (χ3n) is 2.89. The number of aromatic nitrogens is 3. The van der Waals surface area contributed by atoms with Crippen LogP contribution in [-0.2, 0) is 0 Å². The van der Waals surface area contributed by atoms with Crippen molar-refractivity contribution >= 4 is 22.4 Å². The van der Waals surface area contributed by atoms with E-state index in [2.05, 4.69) is 20.3 Å². The molecule has 2 heterocycles. The van der Waals surface area contributed by atoms with E-state index in [9.17, 15) is 0 Å². The summed E-state index contributed by atoms with van der Waals surface area (Å²) in [5.41, 5.74) is 7.08. The zero-order valence-electron chi connectivity index (χ0n) is 10.9. The lowest BCUT2D eigenvalue weighted by Crippen LogP contribution is -2.02. The van der Waals surface area contributed by atoms with Crippen LogP contribution in [0.3, 0.4) is 0 Å². The molecule has 0 aliphatic rings. The van der Waals surface area contributed by atoms with Crippen molar-refractivity contribution in [3.05, 3.63) is 42.9 Å². The van der Waals surface area contributed by atoms with Gasteiger partial charge in [0.05, 0.1) is 0 Å². The summed E-state index contributed by atoms with van der Waals surface area (Å²) in [4.78, 5) is 12.4. The summed E-state index contributed by atoms with van der Waals surface area (Å²) in [6.45, 7) is 0. The second kappa shape index (κ2) is 5.00. The number of pyridine rings is 1. The molecule has 3 aromatic rings. The maximum Gasteiger partial charge on any atom is 0.248 e. The Labute approximate surface area is 115 Å². The number of fused-ring (bicyclic) bond motifs is 1. The van der Waals surface area contributed by atoms with Crippen molar-refractivity contribution in [2.75, 3.05) is 18.1 Å². The molecule has 20 heavy (non-hydrogen) atoms. The molecule has 3 N–H and O–H groups in total. The molecule has 0 unspecified atom stereocenters. The summed E-state index contributed by atoms with van der Waals surface area (Å²) in [5, 5.41) is 3.88. The van der Waals surface area contributed by atoms with Gasteiger partial charge in [0.1, 0.15) is 17.5 Å². The SMILES string of the molecule is CNc1ncnc(Oc2cccc3cccnc23)c1N. The second-order valence-electron chi connectivity index (χ2n) is 4.12. The van der Waals surface area contributed by atoms with E-state index >= 15 is 0 Å². The Bertz CT molecular complexity index is 754. The first-order valence-corrected chi connectivity index (χ1v) is 6.09. The van der Waals surface area contributed by atoms with Crippen molar-refractivity contribution in [1.82, 2.24) is 15.0 Å². The number of nitrogens with one attached hydrogen (secondary N) is 1. The number of rotatable bonds is 3. The summed E-state index contributed by atoms with van der Waals surface area (Å²) in [6, 6.07) is 9.55. The fraction of sp³-hybridized carbons (Fsp3) is 0.0714. The lowest BCUT2D eigenvalue weighted by Gasteiger charge is -2.10. The van der Waals surface area contributed by atoms with Crippen molar-refractivity contribution in [3.8, 4) is 11.6 Å². The summed E-state index contributed by atoms with van der Waals surface area (Å²) >= 11 is 0. The molecule has 0 radical (unpaired) electrons. The molecule has 0 aliphatic carbocycles. The van der Waals surface area contributed by atoms with Crippen LogP contribution >= 0.6 is 0 Å². The predicted octanol–water partition coefficient (Wildman–Crippen LogP) is 2.44. The number of nitrogen functional groups attached to an aromatic ring is 1. The van der Waals surface area contributed by atoms with E-state index in [1.54, 1.807) is 13.2 Å². The number of hydrogen-bond acceptors (Lipinski definition) is 6. The molecule has 3 rings (SSSR count). The van der Waals surface area contributed by atoms with Crippen LogP contribution in [0.5, 0.6) is 11.6 Å². The maximum absolute atomic E-state index is 5.95. The van der Waals surface area contributed by atoms with Gasteiger partial charge in [-0.15, -0.1) is 0 Å². The number of hydrogen-bond donors (Lipinski definition) is 2. The Morgan fingerprint density at radius 2 is 1.95 bits per heavy atom. The highest BCUT2D eigenvalue weighted by Crippen LogP contribution is 2.32. The Kier molecular flexibility index (Phi) is 3.04. The zero-order valence-corrected chi connectivity index (χ0v) is 10.9. The van der Waals surface area contributed by atoms with Crippen LogP contribution < -0.4 is 15.8 Å². The number of benzene rings is 1. The number of nitrogens with zero attached hydrogens (tertiary/aromatic N) is 3. The smallest absolute Gasteiger partial charge is 0.248 e. The highest BCUT2D eigenvalue weighted by atomic mass is 16.5. The fourth-order valence-electron chi connectivity index (χ4n) is 1.92. The first-order chi connectivity index (χ1) is 9.79. The Morgan fingerprint density at radius 3 is 2.80 bits per heavy atom. The van der Waals surface area contributed by atoms with Crippen molar-refractivity contribution in [1.29, 1.82) is 0 Å². The van der Waals surface area contributed by atoms with Crippen LogP contribution in [-0.4, -0.2) is 22.0 Å². The van der Waals surface area contributed by atoms with Crippen LogP contribution in [0.15, 0.2) is 42.9 Å². The second-order valence-corrected chi connectivity index (χ2v) is 4.12. The third-order valence-corrected chi connectivity index (χ3v) is 2.89. The molecule has 0 aliphatic heterocycles. The molecule has 0 saturated carbocycles. The van der Waals surface area contributed by atoms with Crippen molar-refractivity contribution in [2.24, 2.45) is 0 Å². The minimum atomic E-state index is 0.308. The number of ether oxygens (including phenoxy) is 1. The van der Waals surface area contributed by atoms with Crippen LogP contribution in [0.25, 0.3) is 10.9 Å². The molecule has 0 saturated heterocycles. The molecular weight excluding hydrogens is 254 g/mol. The lowest BCUT2D eigenvalue weighted by molar-refractivity contribution is 0.469. The van der Waals surface area contributed by atoms with Gasteiger partial charge < -0.3 is 15.8 Å². The first-order valence-electron chi connectivity index (χ1n) is 6.09. The number of anilines is 2. The average molecular weight is 267 g/mol. The van der Waals surface area contributed by atoms with Gasteiger partial charge in [0.2, 0.25) is 5.88 Å². The number of para-hydroxylation sites is 1. The zero-order chi connectivity index (χ0) is 13.9. The quantitative estimate of drug-likeness (QED) is 0.758. The topological polar surface area (TPSA) is 86.0 Å². The van der Waals surface area contributed by atoms with E-state index in [1.807, 2.05) is 30.3 Å². The Hall–Kier alpha value is -2.89. The third kappa shape index (κ3) is 2.07. The predicted molar refractivity (Wildman–Crippen MR) is 77.8 cm³/mol. The van der Waals surface area contributed by atoms with Crippen LogP contribution in [0.1, 0.15) is 0 Å². The summed E-state index contributed by atoms with van der Waals surface area (Å²) < 4.78 is 5.79. The molecule has 6 nitrogen and oxygen atoms in total. The average Bonchev–Trinajstić information content (AvgIpc) is 2.50. The minimum absolute atomic E-state index is 0.308. The van der Waals surface area contributed by atoms with E-state index in [-0.39, 0.29) is 0 Å². The summed E-state index contributed by atoms with van der Waals surface area (Å²) in [5.74, 6) is 1.45. The van der Waals surface area contributed by atoms with E-state index in [4.69, 9.17) is 10.5 Å². The molecule has 1 aromatic carbocycles. The van der Waals surface area contributed by atoms with E-state index in [0.717, 1.165) is 10.9 Å². The van der Waals surface area contributed by atoms with E-state index in [0.29, 0.717) is 23.1 Å². The molecule has 100 valence electrons. The summed E-state index contributed by atoms with van der Waals surface area (Å²) in [6.07, 6.45) is 3.12. The maximum atomic E-state index is 5.95. The van der Waals surface area contributed by atoms with Crippen LogP contribution in [0.2, 0.25) is 0 Å². The van der Waals surface area contributed by atoms with Gasteiger partial charge in [0.25, 0.3) is 0 Å². The molecule has 6 heteroatoms. The first kappa shape index (κ1) is 12.2. The Morgan fingerprint density at radius 1 is 1.10 bits per heavy atom. The molecule has 0 amide bonds. The summed E-state index contributed by atoms with van der Waals surface area (Å²) in [7, 11) is 1.74. The van der Waals surface area contributed by atoms with Crippen molar-refractivity contribution in [2.45, 2.75) is 0 Å².